The first-order valence-electron chi connectivity index (χ1n) is 10.4. The number of aromatic amines is 1. The van der Waals surface area contributed by atoms with Crippen molar-refractivity contribution in [2.45, 2.75) is 44.7 Å². The number of aromatic nitrogens is 5. The first kappa shape index (κ1) is 18.5. The van der Waals surface area contributed by atoms with E-state index in [0.29, 0.717) is 6.42 Å². The van der Waals surface area contributed by atoms with E-state index < -0.39 is 0 Å². The Morgan fingerprint density at radius 1 is 1.13 bits per heavy atom. The van der Waals surface area contributed by atoms with E-state index >= 15 is 0 Å². The number of nitrogens with zero attached hydrogens (tertiary/aromatic N) is 4. The molecule has 2 N–H and O–H groups in total. The summed E-state index contributed by atoms with van der Waals surface area (Å²) >= 11 is 0. The molecule has 5 rings (SSSR count). The van der Waals surface area contributed by atoms with Crippen molar-refractivity contribution in [3.63, 3.8) is 0 Å². The molecular weight excluding hydrogens is 376 g/mol. The fraction of sp³-hybridized carbons (Fsp3) is 0.304. The predicted octanol–water partition coefficient (Wildman–Crippen LogP) is 4.11. The summed E-state index contributed by atoms with van der Waals surface area (Å²) in [5.41, 5.74) is 6.38. The largest absolute Gasteiger partial charge is 0.353 e. The van der Waals surface area contributed by atoms with Crippen molar-refractivity contribution in [3.8, 4) is 22.4 Å². The Balaban J connectivity index is 1.36. The summed E-state index contributed by atoms with van der Waals surface area (Å²) in [6, 6.07) is 15.2. The molecule has 2 atom stereocenters. The molecule has 0 bridgehead atoms. The van der Waals surface area contributed by atoms with Crippen LogP contribution in [0.2, 0.25) is 0 Å². The van der Waals surface area contributed by atoms with Crippen LogP contribution in [0.5, 0.6) is 0 Å². The van der Waals surface area contributed by atoms with Crippen molar-refractivity contribution in [2.24, 2.45) is 0 Å². The molecule has 2 aromatic carbocycles. The van der Waals surface area contributed by atoms with Gasteiger partial charge in [-0.3, -0.25) is 4.79 Å². The van der Waals surface area contributed by atoms with Crippen LogP contribution >= 0.6 is 0 Å². The molecule has 0 unspecified atom stereocenters. The van der Waals surface area contributed by atoms with Crippen molar-refractivity contribution < 1.29 is 4.79 Å². The lowest BCUT2D eigenvalue weighted by atomic mass is 10.0. The van der Waals surface area contributed by atoms with Crippen LogP contribution < -0.4 is 5.32 Å². The molecule has 30 heavy (non-hydrogen) atoms. The van der Waals surface area contributed by atoms with Crippen LogP contribution in [0.15, 0.2) is 55.0 Å². The van der Waals surface area contributed by atoms with Gasteiger partial charge in [0.25, 0.3) is 0 Å². The molecule has 2 aromatic heterocycles. The third-order valence-electron chi connectivity index (χ3n) is 5.95. The molecular formula is C23H24N6O. The summed E-state index contributed by atoms with van der Waals surface area (Å²) in [7, 11) is 0. The number of rotatable bonds is 5. The van der Waals surface area contributed by atoms with Gasteiger partial charge < -0.3 is 10.3 Å². The van der Waals surface area contributed by atoms with Gasteiger partial charge in [-0.15, -0.1) is 5.10 Å². The Morgan fingerprint density at radius 2 is 1.93 bits per heavy atom. The van der Waals surface area contributed by atoms with E-state index in [2.05, 4.69) is 68.1 Å². The molecule has 152 valence electrons. The first-order chi connectivity index (χ1) is 14.7. The van der Waals surface area contributed by atoms with Crippen LogP contribution in [-0.4, -0.2) is 36.9 Å². The minimum Gasteiger partial charge on any atom is -0.353 e. The highest BCUT2D eigenvalue weighted by atomic mass is 16.1. The summed E-state index contributed by atoms with van der Waals surface area (Å²) in [4.78, 5) is 19.2. The first-order valence-corrected chi connectivity index (χ1v) is 10.4. The Kier molecular flexibility index (Phi) is 4.78. The average molecular weight is 400 g/mol. The molecule has 1 saturated carbocycles. The van der Waals surface area contributed by atoms with Gasteiger partial charge in [0.2, 0.25) is 5.91 Å². The van der Waals surface area contributed by atoms with Gasteiger partial charge in [0.05, 0.1) is 35.3 Å². The normalized spacial score (nSPS) is 18.7. The van der Waals surface area contributed by atoms with Gasteiger partial charge in [-0.25, -0.2) is 9.67 Å². The van der Waals surface area contributed by atoms with Crippen molar-refractivity contribution in [2.75, 3.05) is 0 Å². The lowest BCUT2D eigenvalue weighted by molar-refractivity contribution is -0.121. The van der Waals surface area contributed by atoms with E-state index in [1.807, 2.05) is 17.8 Å². The maximum Gasteiger partial charge on any atom is 0.219 e. The molecule has 7 nitrogen and oxygen atoms in total. The van der Waals surface area contributed by atoms with Crippen molar-refractivity contribution >= 4 is 16.9 Å². The number of benzene rings is 2. The SMILES string of the molecule is CCC(=O)N[C@H]1CC[C@@H](n2nncc2-c2ccc(-c3ccc4[nH]cnc4c3)cc2)C1. The fourth-order valence-electron chi connectivity index (χ4n) is 4.31. The zero-order chi connectivity index (χ0) is 20.5. The van der Waals surface area contributed by atoms with Crippen LogP contribution in [0, 0.1) is 0 Å². The smallest absolute Gasteiger partial charge is 0.219 e. The van der Waals surface area contributed by atoms with Gasteiger partial charge >= 0.3 is 0 Å². The minimum atomic E-state index is 0.114. The molecule has 1 amide bonds. The molecule has 0 spiro atoms. The fourth-order valence-corrected chi connectivity index (χ4v) is 4.31. The number of H-pyrrole nitrogens is 1. The molecule has 0 aliphatic heterocycles. The molecule has 4 aromatic rings. The van der Waals surface area contributed by atoms with E-state index in [0.717, 1.165) is 52.7 Å². The van der Waals surface area contributed by atoms with Gasteiger partial charge in [-0.05, 0) is 42.5 Å². The number of hydrogen-bond acceptors (Lipinski definition) is 4. The Bertz CT molecular complexity index is 1180. The second-order valence-corrected chi connectivity index (χ2v) is 7.86. The number of carbonyl (C=O) groups excluding carboxylic acids is 1. The molecule has 0 saturated heterocycles. The van der Waals surface area contributed by atoms with Crippen LogP contribution in [0.1, 0.15) is 38.6 Å². The molecule has 2 heterocycles. The molecule has 7 heteroatoms. The number of hydrogen-bond donors (Lipinski definition) is 2. The highest BCUT2D eigenvalue weighted by Crippen LogP contribution is 2.33. The summed E-state index contributed by atoms with van der Waals surface area (Å²) in [6.07, 6.45) is 6.92. The summed E-state index contributed by atoms with van der Waals surface area (Å²) in [6.45, 7) is 1.88. The zero-order valence-corrected chi connectivity index (χ0v) is 16.9. The molecule has 1 aliphatic rings. The highest BCUT2D eigenvalue weighted by molar-refractivity contribution is 5.82. The quantitative estimate of drug-likeness (QED) is 0.528. The Labute approximate surface area is 174 Å². The summed E-state index contributed by atoms with van der Waals surface area (Å²) in [5.74, 6) is 0.114. The zero-order valence-electron chi connectivity index (χ0n) is 16.9. The minimum absolute atomic E-state index is 0.114. The van der Waals surface area contributed by atoms with Crippen molar-refractivity contribution in [1.29, 1.82) is 0 Å². The summed E-state index contributed by atoms with van der Waals surface area (Å²) in [5, 5.41) is 11.6. The third-order valence-corrected chi connectivity index (χ3v) is 5.95. The maximum absolute atomic E-state index is 11.7. The van der Waals surface area contributed by atoms with E-state index in [1.165, 1.54) is 0 Å². The second-order valence-electron chi connectivity index (χ2n) is 7.86. The van der Waals surface area contributed by atoms with E-state index in [9.17, 15) is 4.79 Å². The van der Waals surface area contributed by atoms with Gasteiger partial charge in [0, 0.05) is 18.0 Å². The Morgan fingerprint density at radius 3 is 2.77 bits per heavy atom. The van der Waals surface area contributed by atoms with Crippen LogP contribution in [0.4, 0.5) is 0 Å². The van der Waals surface area contributed by atoms with Gasteiger partial charge in [-0.1, -0.05) is 42.5 Å². The van der Waals surface area contributed by atoms with Crippen LogP contribution in [0.25, 0.3) is 33.4 Å². The van der Waals surface area contributed by atoms with Crippen LogP contribution in [0.3, 0.4) is 0 Å². The lowest BCUT2D eigenvalue weighted by Crippen LogP contribution is -2.32. The van der Waals surface area contributed by atoms with E-state index in [4.69, 9.17) is 0 Å². The summed E-state index contributed by atoms with van der Waals surface area (Å²) < 4.78 is 2.02. The van der Waals surface area contributed by atoms with Crippen molar-refractivity contribution in [1.82, 2.24) is 30.3 Å². The molecule has 1 aliphatic carbocycles. The average Bonchev–Trinajstić information content (AvgIpc) is 3.53. The van der Waals surface area contributed by atoms with Crippen molar-refractivity contribution in [3.05, 3.63) is 55.0 Å². The van der Waals surface area contributed by atoms with Gasteiger partial charge in [0.15, 0.2) is 0 Å². The van der Waals surface area contributed by atoms with E-state index in [-0.39, 0.29) is 18.0 Å². The second kappa shape index (κ2) is 7.74. The lowest BCUT2D eigenvalue weighted by Gasteiger charge is -2.15. The molecule has 1 fully saturated rings. The molecule has 0 radical (unpaired) electrons. The third kappa shape index (κ3) is 3.47. The number of fused-ring (bicyclic) bond motifs is 1. The van der Waals surface area contributed by atoms with E-state index in [1.54, 1.807) is 6.33 Å². The number of nitrogens with one attached hydrogen (secondary N) is 2. The highest BCUT2D eigenvalue weighted by Gasteiger charge is 2.29. The number of imidazole rings is 1. The number of amides is 1. The number of carbonyl (C=O) groups is 1. The predicted molar refractivity (Wildman–Crippen MR) is 116 cm³/mol. The maximum atomic E-state index is 11.7. The topological polar surface area (TPSA) is 88.5 Å². The van der Waals surface area contributed by atoms with Gasteiger partial charge in [0.1, 0.15) is 0 Å². The monoisotopic (exact) mass is 400 g/mol. The van der Waals surface area contributed by atoms with Gasteiger partial charge in [-0.2, -0.15) is 0 Å². The van der Waals surface area contributed by atoms with Crippen LogP contribution in [-0.2, 0) is 4.79 Å². The Hall–Kier alpha value is -3.48. The standard InChI is InChI=1S/C23H24N6O/c1-2-23(30)27-18-8-9-19(12-18)29-22(13-26-28-29)16-5-3-15(4-6-16)17-7-10-20-21(11-17)25-14-24-20/h3-7,10-11,13-14,18-19H,2,8-9,12H2,1H3,(H,24,25)(H,27,30)/t18-,19+/m0/s1.